The third-order valence-electron chi connectivity index (χ3n) is 5.98. The first-order chi connectivity index (χ1) is 13.5. The standard InChI is InChI=1S/C21H29N3O3S/c1-17-15-20(27-22-17)16-23-11-13-24(14-12-23)28(25,26)21-9-7-19(8-10-21)18-5-3-2-4-6-18/h7-10,15,18H,2-6,11-14,16H2,1H3. The van der Waals surface area contributed by atoms with Crippen LogP contribution in [0.25, 0.3) is 0 Å². The lowest BCUT2D eigenvalue weighted by atomic mass is 9.84. The summed E-state index contributed by atoms with van der Waals surface area (Å²) in [6.45, 7) is 4.96. The van der Waals surface area contributed by atoms with Crippen molar-refractivity contribution < 1.29 is 12.9 Å². The maximum absolute atomic E-state index is 13.0. The van der Waals surface area contributed by atoms with Crippen LogP contribution in [-0.2, 0) is 16.6 Å². The van der Waals surface area contributed by atoms with Gasteiger partial charge in [-0.05, 0) is 43.4 Å². The maximum atomic E-state index is 13.0. The van der Waals surface area contributed by atoms with Gasteiger partial charge < -0.3 is 4.52 Å². The van der Waals surface area contributed by atoms with Crippen LogP contribution in [0.1, 0.15) is 55.0 Å². The summed E-state index contributed by atoms with van der Waals surface area (Å²) in [6.07, 6.45) is 6.33. The topological polar surface area (TPSA) is 66.7 Å². The highest BCUT2D eigenvalue weighted by Gasteiger charge is 2.29. The average Bonchev–Trinajstić information content (AvgIpc) is 3.14. The van der Waals surface area contributed by atoms with Crippen LogP contribution < -0.4 is 0 Å². The molecular formula is C21H29N3O3S. The molecule has 0 amide bonds. The molecule has 2 aliphatic rings. The molecule has 152 valence electrons. The predicted octanol–water partition coefficient (Wildman–Crippen LogP) is 3.54. The Labute approximate surface area is 167 Å². The summed E-state index contributed by atoms with van der Waals surface area (Å²) in [5.41, 5.74) is 2.15. The molecule has 1 aromatic heterocycles. The fraction of sp³-hybridized carbons (Fsp3) is 0.571. The highest BCUT2D eigenvalue weighted by Crippen LogP contribution is 2.33. The Morgan fingerprint density at radius 2 is 1.71 bits per heavy atom. The molecule has 7 heteroatoms. The van der Waals surface area contributed by atoms with E-state index in [2.05, 4.69) is 10.1 Å². The molecule has 1 aromatic carbocycles. The lowest BCUT2D eigenvalue weighted by Gasteiger charge is -2.33. The first-order valence-corrected chi connectivity index (χ1v) is 11.7. The second-order valence-electron chi connectivity index (χ2n) is 8.02. The predicted molar refractivity (Wildman–Crippen MR) is 108 cm³/mol. The molecular weight excluding hydrogens is 374 g/mol. The lowest BCUT2D eigenvalue weighted by molar-refractivity contribution is 0.166. The molecule has 0 atom stereocenters. The van der Waals surface area contributed by atoms with Crippen molar-refractivity contribution in [1.82, 2.24) is 14.4 Å². The van der Waals surface area contributed by atoms with Gasteiger partial charge in [0, 0.05) is 32.2 Å². The quantitative estimate of drug-likeness (QED) is 0.764. The van der Waals surface area contributed by atoms with Crippen LogP contribution in [0.5, 0.6) is 0 Å². The number of sulfonamides is 1. The average molecular weight is 404 g/mol. The maximum Gasteiger partial charge on any atom is 0.243 e. The normalized spacial score (nSPS) is 20.5. The molecule has 1 saturated heterocycles. The van der Waals surface area contributed by atoms with E-state index in [1.165, 1.54) is 37.7 Å². The van der Waals surface area contributed by atoms with Gasteiger partial charge in [0.25, 0.3) is 0 Å². The summed E-state index contributed by atoms with van der Waals surface area (Å²) in [7, 11) is -3.43. The van der Waals surface area contributed by atoms with Crippen LogP contribution in [0.2, 0.25) is 0 Å². The van der Waals surface area contributed by atoms with Gasteiger partial charge in [-0.15, -0.1) is 0 Å². The number of aryl methyl sites for hydroxylation is 1. The first-order valence-electron chi connectivity index (χ1n) is 10.3. The molecule has 28 heavy (non-hydrogen) atoms. The minimum Gasteiger partial charge on any atom is -0.360 e. The summed E-state index contributed by atoms with van der Waals surface area (Å²) in [5.74, 6) is 1.42. The van der Waals surface area contributed by atoms with Gasteiger partial charge in [-0.1, -0.05) is 36.6 Å². The van der Waals surface area contributed by atoms with Crippen molar-refractivity contribution in [3.05, 3.63) is 47.3 Å². The summed E-state index contributed by atoms with van der Waals surface area (Å²) < 4.78 is 32.9. The molecule has 0 N–H and O–H groups in total. The first kappa shape index (κ1) is 19.6. The number of rotatable bonds is 5. The van der Waals surface area contributed by atoms with Gasteiger partial charge in [0.05, 0.1) is 17.1 Å². The Morgan fingerprint density at radius 1 is 1.04 bits per heavy atom. The largest absolute Gasteiger partial charge is 0.360 e. The van der Waals surface area contributed by atoms with Crippen molar-refractivity contribution in [3.8, 4) is 0 Å². The molecule has 0 bridgehead atoms. The highest BCUT2D eigenvalue weighted by atomic mass is 32.2. The monoisotopic (exact) mass is 403 g/mol. The zero-order valence-corrected chi connectivity index (χ0v) is 17.3. The van der Waals surface area contributed by atoms with Crippen LogP contribution >= 0.6 is 0 Å². The van der Waals surface area contributed by atoms with Gasteiger partial charge in [-0.25, -0.2) is 8.42 Å². The molecule has 0 unspecified atom stereocenters. The summed E-state index contributed by atoms with van der Waals surface area (Å²) in [5, 5.41) is 3.91. The van der Waals surface area contributed by atoms with E-state index < -0.39 is 10.0 Å². The summed E-state index contributed by atoms with van der Waals surface area (Å²) >= 11 is 0. The SMILES string of the molecule is Cc1cc(CN2CCN(S(=O)(=O)c3ccc(C4CCCCC4)cc3)CC2)on1. The molecule has 1 saturated carbocycles. The smallest absolute Gasteiger partial charge is 0.243 e. The van der Waals surface area contributed by atoms with Crippen molar-refractivity contribution >= 4 is 10.0 Å². The molecule has 2 aromatic rings. The Bertz CT molecular complexity index is 878. The summed E-state index contributed by atoms with van der Waals surface area (Å²) in [4.78, 5) is 2.62. The number of piperazine rings is 1. The zero-order valence-electron chi connectivity index (χ0n) is 16.5. The van der Waals surface area contributed by atoms with Crippen molar-refractivity contribution in [2.75, 3.05) is 26.2 Å². The van der Waals surface area contributed by atoms with Crippen LogP contribution in [0.15, 0.2) is 39.8 Å². The van der Waals surface area contributed by atoms with Gasteiger partial charge in [0.1, 0.15) is 0 Å². The van der Waals surface area contributed by atoms with E-state index in [1.807, 2.05) is 25.1 Å². The van der Waals surface area contributed by atoms with E-state index in [4.69, 9.17) is 4.52 Å². The van der Waals surface area contributed by atoms with Crippen molar-refractivity contribution in [2.45, 2.75) is 56.4 Å². The lowest BCUT2D eigenvalue weighted by Crippen LogP contribution is -2.48. The minimum atomic E-state index is -3.43. The molecule has 2 fully saturated rings. The summed E-state index contributed by atoms with van der Waals surface area (Å²) in [6, 6.07) is 9.56. The third kappa shape index (κ3) is 4.31. The minimum absolute atomic E-state index is 0.409. The van der Waals surface area contributed by atoms with Gasteiger partial charge in [-0.2, -0.15) is 4.31 Å². The van der Waals surface area contributed by atoms with Gasteiger partial charge in [0.15, 0.2) is 5.76 Å². The van der Waals surface area contributed by atoms with E-state index in [9.17, 15) is 8.42 Å². The number of nitrogens with zero attached hydrogens (tertiary/aromatic N) is 3. The third-order valence-corrected chi connectivity index (χ3v) is 7.89. The molecule has 1 aliphatic heterocycles. The number of hydrogen-bond donors (Lipinski definition) is 0. The Balaban J connectivity index is 1.37. The van der Waals surface area contributed by atoms with Crippen molar-refractivity contribution in [2.24, 2.45) is 0 Å². The molecule has 0 spiro atoms. The highest BCUT2D eigenvalue weighted by molar-refractivity contribution is 7.89. The van der Waals surface area contributed by atoms with E-state index in [-0.39, 0.29) is 0 Å². The van der Waals surface area contributed by atoms with Gasteiger partial charge in [-0.3, -0.25) is 4.90 Å². The van der Waals surface area contributed by atoms with Crippen molar-refractivity contribution in [3.63, 3.8) is 0 Å². The van der Waals surface area contributed by atoms with E-state index in [0.29, 0.717) is 43.5 Å². The second kappa shape index (κ2) is 8.35. The number of aromatic nitrogens is 1. The van der Waals surface area contributed by atoms with Crippen molar-refractivity contribution in [1.29, 1.82) is 0 Å². The van der Waals surface area contributed by atoms with Crippen LogP contribution in [0, 0.1) is 6.92 Å². The number of hydrogen-bond acceptors (Lipinski definition) is 5. The van der Waals surface area contributed by atoms with E-state index >= 15 is 0 Å². The Hall–Kier alpha value is -1.70. The van der Waals surface area contributed by atoms with Crippen LogP contribution in [0.4, 0.5) is 0 Å². The molecule has 1 aliphatic carbocycles. The van der Waals surface area contributed by atoms with Gasteiger partial charge >= 0.3 is 0 Å². The van der Waals surface area contributed by atoms with E-state index in [0.717, 1.165) is 11.5 Å². The molecule has 4 rings (SSSR count). The fourth-order valence-electron chi connectivity index (χ4n) is 4.34. The number of benzene rings is 1. The van der Waals surface area contributed by atoms with Gasteiger partial charge in [0.2, 0.25) is 10.0 Å². The van der Waals surface area contributed by atoms with Crippen LogP contribution in [0.3, 0.4) is 0 Å². The Morgan fingerprint density at radius 3 is 2.32 bits per heavy atom. The molecule has 0 radical (unpaired) electrons. The Kier molecular flexibility index (Phi) is 5.85. The van der Waals surface area contributed by atoms with E-state index in [1.54, 1.807) is 16.4 Å². The molecule has 2 heterocycles. The fourth-order valence-corrected chi connectivity index (χ4v) is 5.76. The zero-order chi connectivity index (χ0) is 19.6. The second-order valence-corrected chi connectivity index (χ2v) is 9.96. The van der Waals surface area contributed by atoms with Crippen LogP contribution in [-0.4, -0.2) is 49.0 Å². The molecule has 6 nitrogen and oxygen atoms in total.